The first-order valence-corrected chi connectivity index (χ1v) is 7.54. The van der Waals surface area contributed by atoms with Gasteiger partial charge in [0, 0.05) is 25.7 Å². The first-order chi connectivity index (χ1) is 9.02. The van der Waals surface area contributed by atoms with Gasteiger partial charge in [-0.25, -0.2) is 0 Å². The number of nitrogens with one attached hydrogen (secondary N) is 1. The van der Waals surface area contributed by atoms with Crippen LogP contribution >= 0.6 is 0 Å². The van der Waals surface area contributed by atoms with Crippen LogP contribution in [0.5, 0.6) is 0 Å². The molecule has 0 spiro atoms. The molecule has 3 atom stereocenters. The number of hydrogen-bond donors (Lipinski definition) is 1. The third-order valence-corrected chi connectivity index (χ3v) is 3.90. The zero-order valence-electron chi connectivity index (χ0n) is 12.8. The van der Waals surface area contributed by atoms with Crippen molar-refractivity contribution in [2.75, 3.05) is 19.6 Å². The fourth-order valence-electron chi connectivity index (χ4n) is 3.25. The number of rotatable bonds is 5. The van der Waals surface area contributed by atoms with Gasteiger partial charge in [-0.3, -0.25) is 0 Å². The molecule has 0 amide bonds. The highest BCUT2D eigenvalue weighted by Gasteiger charge is 2.22. The van der Waals surface area contributed by atoms with E-state index in [1.54, 1.807) is 0 Å². The smallest absolute Gasteiger partial charge is 0.117 e. The lowest BCUT2D eigenvalue weighted by Crippen LogP contribution is -2.45. The molecule has 0 bridgehead atoms. The Morgan fingerprint density at radius 3 is 2.58 bits per heavy atom. The molecule has 1 aromatic heterocycles. The SMILES string of the molecule is Cc1ccc(CNC(C)CN2CC(C)CC(C)C2)o1. The number of furan rings is 1. The van der Waals surface area contributed by atoms with Crippen LogP contribution in [-0.4, -0.2) is 30.6 Å². The number of nitrogens with zero attached hydrogens (tertiary/aromatic N) is 1. The number of aryl methyl sites for hydroxylation is 1. The van der Waals surface area contributed by atoms with Crippen LogP contribution in [0.1, 0.15) is 38.7 Å². The van der Waals surface area contributed by atoms with Gasteiger partial charge in [0.2, 0.25) is 0 Å². The molecule has 1 saturated heterocycles. The van der Waals surface area contributed by atoms with E-state index in [9.17, 15) is 0 Å². The van der Waals surface area contributed by atoms with E-state index in [0.29, 0.717) is 6.04 Å². The van der Waals surface area contributed by atoms with E-state index in [0.717, 1.165) is 36.4 Å². The van der Waals surface area contributed by atoms with Gasteiger partial charge >= 0.3 is 0 Å². The highest BCUT2D eigenvalue weighted by atomic mass is 16.3. The van der Waals surface area contributed by atoms with Crippen molar-refractivity contribution in [3.05, 3.63) is 23.7 Å². The predicted octanol–water partition coefficient (Wildman–Crippen LogP) is 3.04. The van der Waals surface area contributed by atoms with Gasteiger partial charge < -0.3 is 14.6 Å². The fourth-order valence-corrected chi connectivity index (χ4v) is 3.25. The normalized spacial score (nSPS) is 26.5. The Hall–Kier alpha value is -0.800. The van der Waals surface area contributed by atoms with Crippen LogP contribution in [0.3, 0.4) is 0 Å². The minimum Gasteiger partial charge on any atom is -0.465 e. The molecule has 3 heteroatoms. The predicted molar refractivity (Wildman–Crippen MR) is 79.1 cm³/mol. The Morgan fingerprint density at radius 2 is 2.00 bits per heavy atom. The topological polar surface area (TPSA) is 28.4 Å². The van der Waals surface area contributed by atoms with Gasteiger partial charge in [-0.15, -0.1) is 0 Å². The fraction of sp³-hybridized carbons (Fsp3) is 0.750. The van der Waals surface area contributed by atoms with E-state index in [-0.39, 0.29) is 0 Å². The number of likely N-dealkylation sites (tertiary alicyclic amines) is 1. The Labute approximate surface area is 117 Å². The summed E-state index contributed by atoms with van der Waals surface area (Å²) >= 11 is 0. The number of piperidine rings is 1. The van der Waals surface area contributed by atoms with Gasteiger partial charge in [0.25, 0.3) is 0 Å². The summed E-state index contributed by atoms with van der Waals surface area (Å²) in [6, 6.07) is 4.58. The summed E-state index contributed by atoms with van der Waals surface area (Å²) in [5.74, 6) is 3.69. The Bertz CT molecular complexity index is 378. The van der Waals surface area contributed by atoms with Gasteiger partial charge in [0.1, 0.15) is 11.5 Å². The lowest BCUT2D eigenvalue weighted by atomic mass is 9.92. The molecule has 0 aliphatic carbocycles. The molecule has 0 aromatic carbocycles. The molecule has 3 unspecified atom stereocenters. The van der Waals surface area contributed by atoms with Crippen LogP contribution in [0.2, 0.25) is 0 Å². The maximum Gasteiger partial charge on any atom is 0.117 e. The molecule has 108 valence electrons. The van der Waals surface area contributed by atoms with Gasteiger partial charge in [0.15, 0.2) is 0 Å². The van der Waals surface area contributed by atoms with E-state index >= 15 is 0 Å². The minimum absolute atomic E-state index is 0.503. The van der Waals surface area contributed by atoms with Crippen molar-refractivity contribution in [3.63, 3.8) is 0 Å². The van der Waals surface area contributed by atoms with Crippen LogP contribution in [-0.2, 0) is 6.54 Å². The maximum absolute atomic E-state index is 5.58. The molecule has 1 N–H and O–H groups in total. The summed E-state index contributed by atoms with van der Waals surface area (Å²) in [7, 11) is 0. The van der Waals surface area contributed by atoms with Crippen LogP contribution in [0.25, 0.3) is 0 Å². The second-order valence-corrected chi connectivity index (χ2v) is 6.46. The van der Waals surface area contributed by atoms with Crippen molar-refractivity contribution in [3.8, 4) is 0 Å². The summed E-state index contributed by atoms with van der Waals surface area (Å²) in [6.07, 6.45) is 1.38. The first kappa shape index (κ1) is 14.6. The molecule has 1 fully saturated rings. The van der Waals surface area contributed by atoms with E-state index in [4.69, 9.17) is 4.42 Å². The Balaban J connectivity index is 1.73. The summed E-state index contributed by atoms with van der Waals surface area (Å²) in [5, 5.41) is 3.55. The Morgan fingerprint density at radius 1 is 1.32 bits per heavy atom. The third kappa shape index (κ3) is 4.66. The van der Waals surface area contributed by atoms with E-state index in [2.05, 4.69) is 37.1 Å². The molecule has 0 saturated carbocycles. The Kier molecular flexibility index (Phi) is 5.06. The van der Waals surface area contributed by atoms with Crippen molar-refractivity contribution in [1.82, 2.24) is 10.2 Å². The lowest BCUT2D eigenvalue weighted by molar-refractivity contribution is 0.130. The average Bonchev–Trinajstić information content (AvgIpc) is 2.71. The van der Waals surface area contributed by atoms with Gasteiger partial charge in [0.05, 0.1) is 6.54 Å². The van der Waals surface area contributed by atoms with Crippen LogP contribution in [0.4, 0.5) is 0 Å². The van der Waals surface area contributed by atoms with Crippen LogP contribution < -0.4 is 5.32 Å². The molecule has 1 aliphatic heterocycles. The van der Waals surface area contributed by atoms with Crippen LogP contribution in [0, 0.1) is 18.8 Å². The molecule has 2 heterocycles. The van der Waals surface area contributed by atoms with Gasteiger partial charge in [-0.2, -0.15) is 0 Å². The van der Waals surface area contributed by atoms with Crippen molar-refractivity contribution in [2.45, 2.75) is 46.7 Å². The lowest BCUT2D eigenvalue weighted by Gasteiger charge is -2.36. The second kappa shape index (κ2) is 6.58. The second-order valence-electron chi connectivity index (χ2n) is 6.46. The standard InChI is InChI=1S/C16H28N2O/c1-12-7-13(2)10-18(9-12)11-14(3)17-8-16-6-5-15(4)19-16/h5-6,12-14,17H,7-11H2,1-4H3. The summed E-state index contributed by atoms with van der Waals surface area (Å²) in [4.78, 5) is 2.60. The van der Waals surface area contributed by atoms with E-state index in [1.165, 1.54) is 19.5 Å². The van der Waals surface area contributed by atoms with Gasteiger partial charge in [-0.1, -0.05) is 13.8 Å². The molecule has 2 rings (SSSR count). The average molecular weight is 264 g/mol. The zero-order valence-corrected chi connectivity index (χ0v) is 12.8. The minimum atomic E-state index is 0.503. The van der Waals surface area contributed by atoms with Crippen molar-refractivity contribution < 1.29 is 4.42 Å². The van der Waals surface area contributed by atoms with Gasteiger partial charge in [-0.05, 0) is 44.2 Å². The quantitative estimate of drug-likeness (QED) is 0.886. The third-order valence-electron chi connectivity index (χ3n) is 3.90. The summed E-state index contributed by atoms with van der Waals surface area (Å²) in [6.45, 7) is 13.4. The van der Waals surface area contributed by atoms with Crippen LogP contribution in [0.15, 0.2) is 16.5 Å². The molecule has 3 nitrogen and oxygen atoms in total. The van der Waals surface area contributed by atoms with Crippen molar-refractivity contribution in [2.24, 2.45) is 11.8 Å². The highest BCUT2D eigenvalue weighted by molar-refractivity contribution is 5.05. The highest BCUT2D eigenvalue weighted by Crippen LogP contribution is 2.20. The summed E-state index contributed by atoms with van der Waals surface area (Å²) < 4.78 is 5.58. The maximum atomic E-state index is 5.58. The van der Waals surface area contributed by atoms with Crippen molar-refractivity contribution >= 4 is 0 Å². The largest absolute Gasteiger partial charge is 0.465 e. The zero-order chi connectivity index (χ0) is 13.8. The van der Waals surface area contributed by atoms with Crippen molar-refractivity contribution in [1.29, 1.82) is 0 Å². The molecule has 1 aliphatic rings. The molecular weight excluding hydrogens is 236 g/mol. The molecule has 19 heavy (non-hydrogen) atoms. The number of hydrogen-bond acceptors (Lipinski definition) is 3. The molecule has 0 radical (unpaired) electrons. The monoisotopic (exact) mass is 264 g/mol. The summed E-state index contributed by atoms with van der Waals surface area (Å²) in [5.41, 5.74) is 0. The van der Waals surface area contributed by atoms with E-state index in [1.807, 2.05) is 13.0 Å². The molecule has 1 aromatic rings. The molecular formula is C16H28N2O. The van der Waals surface area contributed by atoms with E-state index < -0.39 is 0 Å². The first-order valence-electron chi connectivity index (χ1n) is 7.54.